The zero-order chi connectivity index (χ0) is 35.5. The summed E-state index contributed by atoms with van der Waals surface area (Å²) in [4.78, 5) is 9.48. The Labute approximate surface area is 326 Å². The van der Waals surface area contributed by atoms with Crippen molar-refractivity contribution >= 4 is 31.9 Å². The van der Waals surface area contributed by atoms with Crippen molar-refractivity contribution < 1.29 is 0 Å². The Bertz CT molecular complexity index is 1310. The number of rotatable bonds is 6. The molecule has 6 heteroatoms. The molecule has 6 aliphatic rings. The third kappa shape index (κ3) is 8.27. The largest absolute Gasteiger partial charge is 0.326 e. The van der Waals surface area contributed by atoms with Crippen LogP contribution in [0.1, 0.15) is 113 Å². The molecule has 2 N–H and O–H groups in total. The molecule has 3 aromatic rings. The van der Waals surface area contributed by atoms with Crippen LogP contribution in [0.3, 0.4) is 0 Å². The third-order valence-electron chi connectivity index (χ3n) is 13.9. The summed E-state index contributed by atoms with van der Waals surface area (Å²) in [5.41, 5.74) is 10.6. The molecule has 3 saturated heterocycles. The lowest BCUT2D eigenvalue weighted by atomic mass is 10.0. The van der Waals surface area contributed by atoms with Crippen LogP contribution in [0.15, 0.2) is 91.0 Å². The van der Waals surface area contributed by atoms with Crippen LogP contribution in [0.5, 0.6) is 0 Å². The second-order valence-electron chi connectivity index (χ2n) is 16.5. The number of nitrogens with two attached hydrogens (primary N) is 1. The average Bonchev–Trinajstić information content (AvgIpc) is 4.03. The molecule has 3 saturated carbocycles. The van der Waals surface area contributed by atoms with Gasteiger partial charge in [-0.2, -0.15) is 0 Å². The zero-order valence-electron chi connectivity index (χ0n) is 31.2. The van der Waals surface area contributed by atoms with Gasteiger partial charge in [-0.15, -0.1) is 0 Å². The van der Waals surface area contributed by atoms with Crippen molar-refractivity contribution in [3.63, 3.8) is 0 Å². The highest BCUT2D eigenvalue weighted by Gasteiger charge is 2.46. The Morgan fingerprint density at radius 1 is 0.451 bits per heavy atom. The molecular formula is C45H62Br2N4. The summed E-state index contributed by atoms with van der Waals surface area (Å²) in [5, 5.41) is 0. The zero-order valence-corrected chi connectivity index (χ0v) is 34.4. The standard InChI is InChI=1S/2C15H20BrN.C15H22N2/c3*1-11(12-5-3-2-4-6-12)17-10-9-13-7-8-14(16)15(13)17/h2*2-6,11,13-15H,7-10H2,1H3;2-6,11,13-15H,7-10,16H2,1H3/t11-,13+,14-,15-;2*11-,13-,14+,15+/m111/s1. The lowest BCUT2D eigenvalue weighted by molar-refractivity contribution is 0.170. The van der Waals surface area contributed by atoms with Gasteiger partial charge in [0.15, 0.2) is 0 Å². The van der Waals surface area contributed by atoms with Gasteiger partial charge in [0, 0.05) is 51.9 Å². The van der Waals surface area contributed by atoms with Crippen molar-refractivity contribution in [3.05, 3.63) is 108 Å². The van der Waals surface area contributed by atoms with E-state index in [9.17, 15) is 0 Å². The Hall–Kier alpha value is -1.54. The molecule has 0 unspecified atom stereocenters. The van der Waals surface area contributed by atoms with E-state index in [0.29, 0.717) is 39.9 Å². The van der Waals surface area contributed by atoms with Gasteiger partial charge in [-0.05, 0) is 133 Å². The minimum absolute atomic E-state index is 0.397. The molecule has 6 fully saturated rings. The minimum Gasteiger partial charge on any atom is -0.326 e. The van der Waals surface area contributed by atoms with E-state index >= 15 is 0 Å². The highest BCUT2D eigenvalue weighted by atomic mass is 79.9. The lowest BCUT2D eigenvalue weighted by Crippen LogP contribution is -2.43. The topological polar surface area (TPSA) is 35.7 Å². The van der Waals surface area contributed by atoms with E-state index in [1.165, 1.54) is 94.1 Å². The van der Waals surface area contributed by atoms with E-state index in [-0.39, 0.29) is 0 Å². The monoisotopic (exact) mass is 816 g/mol. The molecule has 4 nitrogen and oxygen atoms in total. The van der Waals surface area contributed by atoms with Crippen LogP contribution in [0.25, 0.3) is 0 Å². The van der Waals surface area contributed by atoms with E-state index < -0.39 is 0 Å². The van der Waals surface area contributed by atoms with Crippen LogP contribution in [0, 0.1) is 17.8 Å². The molecule has 12 atom stereocenters. The number of halogens is 2. The number of likely N-dealkylation sites (tertiary alicyclic amines) is 3. The second kappa shape index (κ2) is 17.3. The summed E-state index contributed by atoms with van der Waals surface area (Å²) < 4.78 is 0. The van der Waals surface area contributed by atoms with Crippen molar-refractivity contribution in [1.82, 2.24) is 14.7 Å². The van der Waals surface area contributed by atoms with Crippen molar-refractivity contribution in [2.24, 2.45) is 23.5 Å². The van der Waals surface area contributed by atoms with E-state index in [0.717, 1.165) is 29.8 Å². The number of hydrogen-bond donors (Lipinski definition) is 1. The molecule has 0 spiro atoms. The summed E-state index contributed by atoms with van der Waals surface area (Å²) in [6.07, 6.45) is 12.2. The summed E-state index contributed by atoms with van der Waals surface area (Å²) in [7, 11) is 0. The first kappa shape index (κ1) is 37.8. The van der Waals surface area contributed by atoms with Gasteiger partial charge in [0.05, 0.1) is 0 Å². The molecular weight excluding hydrogens is 756 g/mol. The van der Waals surface area contributed by atoms with Gasteiger partial charge in [-0.1, -0.05) is 123 Å². The van der Waals surface area contributed by atoms with Crippen LogP contribution < -0.4 is 5.73 Å². The number of fused-ring (bicyclic) bond motifs is 3. The molecule has 3 aliphatic heterocycles. The minimum atomic E-state index is 0.397. The Kier molecular flexibility index (Phi) is 12.8. The summed E-state index contributed by atoms with van der Waals surface area (Å²) >= 11 is 7.77. The fraction of sp³-hybridized carbons (Fsp3) is 0.600. The first-order valence-electron chi connectivity index (χ1n) is 20.3. The molecule has 0 bridgehead atoms. The Morgan fingerprint density at radius 2 is 0.765 bits per heavy atom. The average molecular weight is 819 g/mol. The van der Waals surface area contributed by atoms with Gasteiger partial charge in [0.1, 0.15) is 0 Å². The quantitative estimate of drug-likeness (QED) is 0.251. The Morgan fingerprint density at radius 3 is 1.14 bits per heavy atom. The van der Waals surface area contributed by atoms with Crippen LogP contribution in [-0.4, -0.2) is 68.2 Å². The van der Waals surface area contributed by atoms with Gasteiger partial charge in [-0.25, -0.2) is 0 Å². The summed E-state index contributed by atoms with van der Waals surface area (Å²) in [6, 6.07) is 36.9. The van der Waals surface area contributed by atoms with Gasteiger partial charge in [0.25, 0.3) is 0 Å². The first-order chi connectivity index (χ1) is 24.8. The van der Waals surface area contributed by atoms with Crippen molar-refractivity contribution in [2.75, 3.05) is 19.6 Å². The first-order valence-corrected chi connectivity index (χ1v) is 22.1. The fourth-order valence-electron chi connectivity index (χ4n) is 11.1. The van der Waals surface area contributed by atoms with Crippen LogP contribution in [0.4, 0.5) is 0 Å². The van der Waals surface area contributed by atoms with Gasteiger partial charge >= 0.3 is 0 Å². The van der Waals surface area contributed by atoms with Gasteiger partial charge in [0.2, 0.25) is 0 Å². The number of benzene rings is 3. The molecule has 0 aromatic heterocycles. The van der Waals surface area contributed by atoms with Crippen LogP contribution in [-0.2, 0) is 0 Å². The molecule has 3 heterocycles. The smallest absolute Gasteiger partial charge is 0.0323 e. The normalized spacial score (nSPS) is 34.8. The van der Waals surface area contributed by atoms with Crippen molar-refractivity contribution in [3.8, 4) is 0 Å². The molecule has 0 radical (unpaired) electrons. The van der Waals surface area contributed by atoms with Crippen LogP contribution >= 0.6 is 31.9 Å². The predicted octanol–water partition coefficient (Wildman–Crippen LogP) is 10.5. The molecule has 3 aromatic carbocycles. The Balaban J connectivity index is 0.000000119. The van der Waals surface area contributed by atoms with Crippen molar-refractivity contribution in [2.45, 2.75) is 131 Å². The lowest BCUT2D eigenvalue weighted by Gasteiger charge is -2.33. The molecule has 9 rings (SSSR count). The highest BCUT2D eigenvalue weighted by Crippen LogP contribution is 2.46. The summed E-state index contributed by atoms with van der Waals surface area (Å²) in [6.45, 7) is 10.8. The maximum atomic E-state index is 6.28. The van der Waals surface area contributed by atoms with Crippen LogP contribution in [0.2, 0.25) is 0 Å². The maximum Gasteiger partial charge on any atom is 0.0323 e. The molecule has 276 valence electrons. The molecule has 3 aliphatic carbocycles. The fourth-order valence-corrected chi connectivity index (χ4v) is 13.1. The van der Waals surface area contributed by atoms with Gasteiger partial charge in [-0.3, -0.25) is 14.7 Å². The summed E-state index contributed by atoms with van der Waals surface area (Å²) in [5.74, 6) is 2.73. The van der Waals surface area contributed by atoms with E-state index in [1.807, 2.05) is 0 Å². The third-order valence-corrected chi connectivity index (χ3v) is 15.9. The molecule has 0 amide bonds. The number of alkyl halides is 2. The van der Waals surface area contributed by atoms with E-state index in [2.05, 4.69) is 158 Å². The predicted molar refractivity (Wildman–Crippen MR) is 221 cm³/mol. The molecule has 51 heavy (non-hydrogen) atoms. The highest BCUT2D eigenvalue weighted by molar-refractivity contribution is 9.09. The van der Waals surface area contributed by atoms with E-state index in [1.54, 1.807) is 0 Å². The number of hydrogen-bond acceptors (Lipinski definition) is 4. The SMILES string of the molecule is C[C@H](c1ccccc1)N1CC[C@@H]2CC[C@@H](Br)[C@@H]21.C[C@H](c1ccccc1)N1CC[C@H]2CC[C@H](Br)[C@H]21.C[C@H](c1ccccc1)N1CC[C@H]2CC[C@H](N)[C@H]21. The van der Waals surface area contributed by atoms with Crippen molar-refractivity contribution in [1.29, 1.82) is 0 Å². The second-order valence-corrected chi connectivity index (χ2v) is 18.9. The van der Waals surface area contributed by atoms with Gasteiger partial charge < -0.3 is 5.73 Å². The van der Waals surface area contributed by atoms with E-state index in [4.69, 9.17) is 5.73 Å². The number of nitrogens with zero attached hydrogens (tertiary/aromatic N) is 3. The maximum absolute atomic E-state index is 6.28.